The van der Waals surface area contributed by atoms with Crippen LogP contribution in [0.5, 0.6) is 11.5 Å². The van der Waals surface area contributed by atoms with E-state index < -0.39 is 0 Å². The molecule has 2 heterocycles. The van der Waals surface area contributed by atoms with Crippen molar-refractivity contribution in [2.75, 3.05) is 12.1 Å². The van der Waals surface area contributed by atoms with Gasteiger partial charge in [-0.2, -0.15) is 0 Å². The highest BCUT2D eigenvalue weighted by atomic mass is 35.5. The topological polar surface area (TPSA) is 60.5 Å². The van der Waals surface area contributed by atoms with Gasteiger partial charge in [0.25, 0.3) is 0 Å². The third-order valence-corrected chi connectivity index (χ3v) is 5.14. The van der Waals surface area contributed by atoms with Crippen LogP contribution in [0.4, 0.5) is 5.13 Å². The van der Waals surface area contributed by atoms with Gasteiger partial charge in [-0.05, 0) is 42.3 Å². The average molecular weight is 361 g/mol. The van der Waals surface area contributed by atoms with Crippen molar-refractivity contribution in [2.24, 2.45) is 0 Å². The lowest BCUT2D eigenvalue weighted by molar-refractivity contribution is -0.115. The van der Waals surface area contributed by atoms with Crippen LogP contribution in [0.2, 0.25) is 5.02 Å². The Bertz CT molecular complexity index is 954. The number of thiazole rings is 1. The first-order valence-corrected chi connectivity index (χ1v) is 8.53. The van der Waals surface area contributed by atoms with Crippen molar-refractivity contribution in [1.29, 1.82) is 0 Å². The summed E-state index contributed by atoms with van der Waals surface area (Å²) < 4.78 is 11.6. The van der Waals surface area contributed by atoms with E-state index in [0.717, 1.165) is 21.3 Å². The zero-order chi connectivity index (χ0) is 16.7. The second-order valence-corrected chi connectivity index (χ2v) is 6.89. The molecule has 122 valence electrons. The van der Waals surface area contributed by atoms with Crippen molar-refractivity contribution >= 4 is 44.2 Å². The Hall–Kier alpha value is -2.31. The van der Waals surface area contributed by atoms with Gasteiger partial charge in [0.15, 0.2) is 16.6 Å². The maximum Gasteiger partial charge on any atom is 0.231 e. The van der Waals surface area contributed by atoms with Crippen LogP contribution in [-0.2, 0) is 11.2 Å². The number of hydrogen-bond acceptors (Lipinski definition) is 5. The van der Waals surface area contributed by atoms with Crippen LogP contribution >= 0.6 is 22.9 Å². The van der Waals surface area contributed by atoms with E-state index in [9.17, 15) is 4.79 Å². The number of carbonyl (C=O) groups is 1. The lowest BCUT2D eigenvalue weighted by atomic mass is 10.1. The molecule has 0 aliphatic carbocycles. The number of anilines is 1. The fourth-order valence-electron chi connectivity index (χ4n) is 2.55. The Kier molecular flexibility index (Phi) is 3.78. The Morgan fingerprint density at radius 1 is 1.29 bits per heavy atom. The molecule has 1 amide bonds. The molecule has 0 unspecified atom stereocenters. The summed E-state index contributed by atoms with van der Waals surface area (Å²) >= 11 is 7.54. The molecule has 4 rings (SSSR count). The van der Waals surface area contributed by atoms with Gasteiger partial charge in [-0.3, -0.25) is 4.79 Å². The number of halogens is 1. The van der Waals surface area contributed by atoms with Crippen LogP contribution < -0.4 is 14.8 Å². The molecule has 0 radical (unpaired) electrons. The molecule has 1 N–H and O–H groups in total. The Balaban J connectivity index is 1.51. The van der Waals surface area contributed by atoms with Crippen molar-refractivity contribution in [3.8, 4) is 11.5 Å². The molecule has 1 aromatic heterocycles. The van der Waals surface area contributed by atoms with E-state index in [4.69, 9.17) is 21.1 Å². The van der Waals surface area contributed by atoms with Gasteiger partial charge < -0.3 is 14.8 Å². The Morgan fingerprint density at radius 2 is 2.12 bits per heavy atom. The third kappa shape index (κ3) is 2.79. The normalized spacial score (nSPS) is 12.6. The van der Waals surface area contributed by atoms with Gasteiger partial charge in [-0.15, -0.1) is 0 Å². The van der Waals surface area contributed by atoms with Crippen LogP contribution in [0, 0.1) is 6.92 Å². The zero-order valence-corrected chi connectivity index (χ0v) is 14.3. The monoisotopic (exact) mass is 360 g/mol. The van der Waals surface area contributed by atoms with Crippen LogP contribution in [0.3, 0.4) is 0 Å². The first kappa shape index (κ1) is 15.2. The quantitative estimate of drug-likeness (QED) is 0.761. The van der Waals surface area contributed by atoms with Gasteiger partial charge in [-0.25, -0.2) is 4.98 Å². The number of fused-ring (bicyclic) bond motifs is 2. The minimum atomic E-state index is -0.128. The molecule has 2 aromatic carbocycles. The molecule has 0 saturated heterocycles. The number of nitrogens with one attached hydrogen (secondary N) is 1. The van der Waals surface area contributed by atoms with Gasteiger partial charge in [0.1, 0.15) is 0 Å². The molecular weight excluding hydrogens is 348 g/mol. The van der Waals surface area contributed by atoms with Gasteiger partial charge >= 0.3 is 0 Å². The SMILES string of the molecule is Cc1c(Cl)ccc2sc(NC(=O)Cc3ccc4c(c3)OCO4)nc12. The van der Waals surface area contributed by atoms with Crippen LogP contribution in [0.1, 0.15) is 11.1 Å². The predicted molar refractivity (Wildman–Crippen MR) is 94.3 cm³/mol. The number of hydrogen-bond donors (Lipinski definition) is 1. The predicted octanol–water partition coefficient (Wildman–Crippen LogP) is 4.17. The fourth-order valence-corrected chi connectivity index (χ4v) is 3.65. The fraction of sp³-hybridized carbons (Fsp3) is 0.176. The molecule has 3 aromatic rings. The highest BCUT2D eigenvalue weighted by Gasteiger charge is 2.15. The maximum absolute atomic E-state index is 12.3. The summed E-state index contributed by atoms with van der Waals surface area (Å²) in [4.78, 5) is 16.7. The summed E-state index contributed by atoms with van der Waals surface area (Å²) in [5.41, 5.74) is 2.60. The number of ether oxygens (including phenoxy) is 2. The molecule has 0 spiro atoms. The van der Waals surface area contributed by atoms with E-state index in [1.807, 2.05) is 37.3 Å². The standard InChI is InChI=1S/C17H13ClN2O3S/c1-9-11(18)3-5-14-16(9)20-17(24-14)19-15(21)7-10-2-4-12-13(6-10)23-8-22-12/h2-6H,7-8H2,1H3,(H,19,20,21). The average Bonchev–Trinajstić information content (AvgIpc) is 3.17. The van der Waals surface area contributed by atoms with E-state index in [-0.39, 0.29) is 19.1 Å². The second kappa shape index (κ2) is 5.96. The van der Waals surface area contributed by atoms with Gasteiger partial charge in [-0.1, -0.05) is 29.0 Å². The molecule has 5 nitrogen and oxygen atoms in total. The van der Waals surface area contributed by atoms with Crippen molar-refractivity contribution in [3.63, 3.8) is 0 Å². The highest BCUT2D eigenvalue weighted by molar-refractivity contribution is 7.22. The molecular formula is C17H13ClN2O3S. The number of amides is 1. The van der Waals surface area contributed by atoms with E-state index in [1.54, 1.807) is 0 Å². The first-order chi connectivity index (χ1) is 11.6. The van der Waals surface area contributed by atoms with E-state index >= 15 is 0 Å². The largest absolute Gasteiger partial charge is 0.454 e. The van der Waals surface area contributed by atoms with E-state index in [0.29, 0.717) is 21.7 Å². The summed E-state index contributed by atoms with van der Waals surface area (Å²) in [6, 6.07) is 9.25. The number of rotatable bonds is 3. The van der Waals surface area contributed by atoms with Gasteiger partial charge in [0.05, 0.1) is 16.6 Å². The van der Waals surface area contributed by atoms with Crippen molar-refractivity contribution in [3.05, 3.63) is 46.5 Å². The highest BCUT2D eigenvalue weighted by Crippen LogP contribution is 2.33. The lowest BCUT2D eigenvalue weighted by Gasteiger charge is -2.03. The molecule has 0 bridgehead atoms. The molecule has 1 aliphatic heterocycles. The van der Waals surface area contributed by atoms with Gasteiger partial charge in [0, 0.05) is 5.02 Å². The van der Waals surface area contributed by atoms with Crippen LogP contribution in [0.15, 0.2) is 30.3 Å². The van der Waals surface area contributed by atoms with Crippen LogP contribution in [0.25, 0.3) is 10.2 Å². The summed E-state index contributed by atoms with van der Waals surface area (Å²) in [5.74, 6) is 1.25. The summed E-state index contributed by atoms with van der Waals surface area (Å²) in [6.07, 6.45) is 0.242. The third-order valence-electron chi connectivity index (χ3n) is 3.80. The summed E-state index contributed by atoms with van der Waals surface area (Å²) in [6.45, 7) is 2.14. The Morgan fingerprint density at radius 3 is 3.00 bits per heavy atom. The smallest absolute Gasteiger partial charge is 0.231 e. The second-order valence-electron chi connectivity index (χ2n) is 5.45. The van der Waals surface area contributed by atoms with Gasteiger partial charge in [0.2, 0.25) is 12.7 Å². The molecule has 0 atom stereocenters. The maximum atomic E-state index is 12.3. The zero-order valence-electron chi connectivity index (χ0n) is 12.8. The molecule has 0 saturated carbocycles. The van der Waals surface area contributed by atoms with Crippen LogP contribution in [-0.4, -0.2) is 17.7 Å². The lowest BCUT2D eigenvalue weighted by Crippen LogP contribution is -2.14. The first-order valence-electron chi connectivity index (χ1n) is 7.34. The van der Waals surface area contributed by atoms with E-state index in [2.05, 4.69) is 10.3 Å². The number of aromatic nitrogens is 1. The number of carbonyl (C=O) groups excluding carboxylic acids is 1. The van der Waals surface area contributed by atoms with Crippen molar-refractivity contribution in [1.82, 2.24) is 4.98 Å². The Labute approximate surface area is 147 Å². The molecule has 0 fully saturated rings. The minimum Gasteiger partial charge on any atom is -0.454 e. The number of benzene rings is 2. The molecule has 7 heteroatoms. The number of nitrogens with zero attached hydrogens (tertiary/aromatic N) is 1. The van der Waals surface area contributed by atoms with E-state index in [1.165, 1.54) is 11.3 Å². The minimum absolute atomic E-state index is 0.128. The molecule has 24 heavy (non-hydrogen) atoms. The molecule has 1 aliphatic rings. The van der Waals surface area contributed by atoms with Crippen molar-refractivity contribution in [2.45, 2.75) is 13.3 Å². The van der Waals surface area contributed by atoms with Crippen molar-refractivity contribution < 1.29 is 14.3 Å². The number of aryl methyl sites for hydroxylation is 1. The summed E-state index contributed by atoms with van der Waals surface area (Å²) in [7, 11) is 0. The summed E-state index contributed by atoms with van der Waals surface area (Å²) in [5, 5.41) is 4.09.